The molecule has 2 N–H and O–H groups in total. The van der Waals surface area contributed by atoms with Crippen molar-refractivity contribution in [2.75, 3.05) is 12.0 Å². The maximum absolute atomic E-state index is 6.60. The molecule has 4 rings (SSSR count). The number of nitrogens with one attached hydrogen (secondary N) is 2. The van der Waals surface area contributed by atoms with Gasteiger partial charge < -0.3 is 14.9 Å². The number of halogens is 1. The fourth-order valence-electron chi connectivity index (χ4n) is 3.39. The minimum atomic E-state index is 0.401. The van der Waals surface area contributed by atoms with Gasteiger partial charge in [0.25, 0.3) is 0 Å². The Morgan fingerprint density at radius 3 is 2.67 bits per heavy atom. The molecule has 4 aromatic rings. The third-order valence-corrected chi connectivity index (χ3v) is 5.44. The number of aromatic nitrogens is 4. The molecule has 0 saturated carbocycles. The smallest absolute Gasteiger partial charge is 0.214 e. The van der Waals surface area contributed by atoms with Gasteiger partial charge in [0, 0.05) is 18.0 Å². The first-order valence-corrected chi connectivity index (χ1v) is 11.3. The second-order valence-corrected chi connectivity index (χ2v) is 8.17. The molecular weight excluding hydrogens is 458 g/mol. The van der Waals surface area contributed by atoms with Gasteiger partial charge in [0.2, 0.25) is 4.77 Å². The van der Waals surface area contributed by atoms with Gasteiger partial charge in [-0.1, -0.05) is 41.4 Å². The normalized spacial score (nSPS) is 10.8. The molecule has 0 aliphatic carbocycles. The van der Waals surface area contributed by atoms with E-state index >= 15 is 0 Å². The van der Waals surface area contributed by atoms with E-state index in [0.717, 1.165) is 16.7 Å². The van der Waals surface area contributed by atoms with Crippen LogP contribution in [0.2, 0.25) is 5.02 Å². The van der Waals surface area contributed by atoms with Gasteiger partial charge in [-0.05, 0) is 61.5 Å². The molecule has 0 aliphatic heterocycles. The molecule has 33 heavy (non-hydrogen) atoms. The number of pyridine rings is 1. The molecule has 0 atom stereocenters. The number of nitrogens with zero attached hydrogens (tertiary/aromatic N) is 3. The number of aromatic amines is 1. The van der Waals surface area contributed by atoms with E-state index in [1.54, 1.807) is 17.1 Å². The quantitative estimate of drug-likeness (QED) is 0.299. The predicted octanol–water partition coefficient (Wildman–Crippen LogP) is 5.69. The number of benzene rings is 2. The largest absolute Gasteiger partial charge is 0.490 e. The summed E-state index contributed by atoms with van der Waals surface area (Å²) in [4.78, 5) is 4.05. The highest BCUT2D eigenvalue weighted by Crippen LogP contribution is 2.37. The molecule has 2 heterocycles. The molecule has 2 aromatic heterocycles. The van der Waals surface area contributed by atoms with Crippen molar-refractivity contribution in [3.8, 4) is 22.9 Å². The van der Waals surface area contributed by atoms with E-state index in [9.17, 15) is 0 Å². The topological polar surface area (TPSA) is 77.0 Å². The Morgan fingerprint density at radius 1 is 1.09 bits per heavy atom. The summed E-state index contributed by atoms with van der Waals surface area (Å²) >= 11 is 12.0. The molecular formula is C24H24ClN5O2S. The Labute approximate surface area is 202 Å². The van der Waals surface area contributed by atoms with Crippen molar-refractivity contribution in [2.24, 2.45) is 0 Å². The van der Waals surface area contributed by atoms with Crippen molar-refractivity contribution in [3.63, 3.8) is 0 Å². The number of H-pyrrole nitrogens is 1. The summed E-state index contributed by atoms with van der Waals surface area (Å²) in [7, 11) is 0. The highest BCUT2D eigenvalue weighted by Gasteiger charge is 2.14. The highest BCUT2D eigenvalue weighted by atomic mass is 35.5. The lowest BCUT2D eigenvalue weighted by Gasteiger charge is -2.16. The van der Waals surface area contributed by atoms with Crippen LogP contribution in [0.15, 0.2) is 60.9 Å². The van der Waals surface area contributed by atoms with Gasteiger partial charge in [-0.25, -0.2) is 9.77 Å². The van der Waals surface area contributed by atoms with E-state index in [1.165, 1.54) is 5.56 Å². The zero-order valence-electron chi connectivity index (χ0n) is 18.3. The second kappa shape index (κ2) is 10.5. The summed E-state index contributed by atoms with van der Waals surface area (Å²) in [6.45, 7) is 5.32. The Kier molecular flexibility index (Phi) is 7.26. The van der Waals surface area contributed by atoms with Gasteiger partial charge in [-0.15, -0.1) is 0 Å². The average Bonchev–Trinajstić information content (AvgIpc) is 3.18. The van der Waals surface area contributed by atoms with E-state index < -0.39 is 0 Å². The molecule has 7 nitrogen and oxygen atoms in total. The van der Waals surface area contributed by atoms with Crippen molar-refractivity contribution < 1.29 is 9.47 Å². The first-order valence-electron chi connectivity index (χ1n) is 10.5. The van der Waals surface area contributed by atoms with Crippen molar-refractivity contribution in [3.05, 3.63) is 87.4 Å². The van der Waals surface area contributed by atoms with E-state index in [4.69, 9.17) is 33.3 Å². The van der Waals surface area contributed by atoms with Crippen LogP contribution in [0.25, 0.3) is 11.4 Å². The highest BCUT2D eigenvalue weighted by molar-refractivity contribution is 7.71. The monoisotopic (exact) mass is 481 g/mol. The van der Waals surface area contributed by atoms with Crippen molar-refractivity contribution in [1.29, 1.82) is 0 Å². The average molecular weight is 482 g/mol. The maximum Gasteiger partial charge on any atom is 0.214 e. The number of rotatable bonds is 9. The SMILES string of the molecule is CCOc1cc(CNn2c(-c3ccncc3)n[nH]c2=S)cc(Cl)c1OCc1cccc(C)c1. The van der Waals surface area contributed by atoms with E-state index in [0.29, 0.717) is 46.9 Å². The zero-order valence-corrected chi connectivity index (χ0v) is 19.9. The van der Waals surface area contributed by atoms with Crippen LogP contribution < -0.4 is 14.9 Å². The van der Waals surface area contributed by atoms with Gasteiger partial charge in [-0.3, -0.25) is 4.98 Å². The standard InChI is InChI=1S/C24H24ClN5O2S/c1-3-31-21-13-18(12-20(25)22(21)32-15-17-6-4-5-16(2)11-17)14-27-30-23(28-29-24(30)33)19-7-9-26-10-8-19/h4-13,27H,3,14-15H2,1-2H3,(H,29,33). The number of ether oxygens (including phenoxy) is 2. The van der Waals surface area contributed by atoms with Crippen molar-refractivity contribution in [1.82, 2.24) is 19.9 Å². The van der Waals surface area contributed by atoms with Gasteiger partial charge in [0.1, 0.15) is 6.61 Å². The van der Waals surface area contributed by atoms with Gasteiger partial charge in [0.05, 0.1) is 18.2 Å². The summed E-state index contributed by atoms with van der Waals surface area (Å²) in [5, 5.41) is 7.63. The van der Waals surface area contributed by atoms with Crippen LogP contribution in [-0.2, 0) is 13.2 Å². The van der Waals surface area contributed by atoms with Crippen LogP contribution in [0.3, 0.4) is 0 Å². The number of hydrogen-bond acceptors (Lipinski definition) is 6. The molecule has 0 amide bonds. The molecule has 0 saturated heterocycles. The van der Waals surface area contributed by atoms with Crippen LogP contribution in [0.5, 0.6) is 11.5 Å². The molecule has 0 fully saturated rings. The molecule has 0 bridgehead atoms. The third kappa shape index (κ3) is 5.53. The fraction of sp³-hybridized carbons (Fsp3) is 0.208. The lowest BCUT2D eigenvalue weighted by molar-refractivity contribution is 0.269. The Bertz CT molecular complexity index is 1290. The molecule has 0 aliphatic rings. The summed E-state index contributed by atoms with van der Waals surface area (Å²) in [6.07, 6.45) is 3.42. The van der Waals surface area contributed by atoms with Gasteiger partial charge >= 0.3 is 0 Å². The Balaban J connectivity index is 1.54. The van der Waals surface area contributed by atoms with E-state index in [-0.39, 0.29) is 0 Å². The first kappa shape index (κ1) is 22.8. The maximum atomic E-state index is 6.60. The lowest BCUT2D eigenvalue weighted by Crippen LogP contribution is -2.16. The molecule has 2 aromatic carbocycles. The van der Waals surface area contributed by atoms with Crippen LogP contribution in [-0.4, -0.2) is 26.5 Å². The number of aryl methyl sites for hydroxylation is 1. The molecule has 9 heteroatoms. The van der Waals surface area contributed by atoms with E-state index in [1.807, 2.05) is 43.3 Å². The first-order chi connectivity index (χ1) is 16.0. The van der Waals surface area contributed by atoms with Gasteiger partial charge in [-0.2, -0.15) is 5.10 Å². The minimum absolute atomic E-state index is 0.401. The number of hydrogen-bond donors (Lipinski definition) is 2. The van der Waals surface area contributed by atoms with Gasteiger partial charge in [0.15, 0.2) is 17.3 Å². The molecule has 0 spiro atoms. The predicted molar refractivity (Wildman–Crippen MR) is 132 cm³/mol. The lowest BCUT2D eigenvalue weighted by atomic mass is 10.1. The zero-order chi connectivity index (χ0) is 23.2. The summed E-state index contributed by atoms with van der Waals surface area (Å²) in [5.74, 6) is 1.79. The Morgan fingerprint density at radius 2 is 1.91 bits per heavy atom. The van der Waals surface area contributed by atoms with Crippen LogP contribution in [0.1, 0.15) is 23.6 Å². The van der Waals surface area contributed by atoms with Crippen LogP contribution in [0.4, 0.5) is 0 Å². The van der Waals surface area contributed by atoms with Crippen LogP contribution >= 0.6 is 23.8 Å². The molecule has 170 valence electrons. The summed E-state index contributed by atoms with van der Waals surface area (Å²) in [6, 6.07) is 15.7. The molecule has 0 radical (unpaired) electrons. The van der Waals surface area contributed by atoms with Crippen LogP contribution in [0, 0.1) is 11.7 Å². The Hall–Kier alpha value is -3.36. The molecule has 0 unspecified atom stereocenters. The third-order valence-electron chi connectivity index (χ3n) is 4.89. The summed E-state index contributed by atoms with van der Waals surface area (Å²) in [5.41, 5.74) is 7.34. The van der Waals surface area contributed by atoms with Crippen molar-refractivity contribution in [2.45, 2.75) is 27.0 Å². The fourth-order valence-corrected chi connectivity index (χ4v) is 3.88. The minimum Gasteiger partial charge on any atom is -0.490 e. The summed E-state index contributed by atoms with van der Waals surface area (Å²) < 4.78 is 14.1. The van der Waals surface area contributed by atoms with E-state index in [2.05, 4.69) is 39.7 Å². The second-order valence-electron chi connectivity index (χ2n) is 7.37. The van der Waals surface area contributed by atoms with Crippen molar-refractivity contribution >= 4 is 23.8 Å².